The Morgan fingerprint density at radius 3 is 2.32 bits per heavy atom. The number of hydrogen-bond acceptors (Lipinski definition) is 4. The normalized spacial score (nSPS) is 12.1. The zero-order chi connectivity index (χ0) is 14.4. The van der Waals surface area contributed by atoms with Crippen LogP contribution in [0, 0.1) is 11.6 Å². The predicted octanol–water partition coefficient (Wildman–Crippen LogP) is 2.18. The molecule has 0 aliphatic carbocycles. The third-order valence-corrected chi connectivity index (χ3v) is 2.42. The van der Waals surface area contributed by atoms with Crippen LogP contribution in [0.1, 0.15) is 25.8 Å². The van der Waals surface area contributed by atoms with E-state index in [1.807, 2.05) is 0 Å². The van der Waals surface area contributed by atoms with Gasteiger partial charge in [-0.1, -0.05) is 6.92 Å². The van der Waals surface area contributed by atoms with Crippen LogP contribution in [0.15, 0.2) is 12.1 Å². The van der Waals surface area contributed by atoms with Gasteiger partial charge >= 0.3 is 5.97 Å². The highest BCUT2D eigenvalue weighted by molar-refractivity contribution is 5.75. The van der Waals surface area contributed by atoms with Crippen LogP contribution in [0.3, 0.4) is 0 Å². The first-order valence-electron chi connectivity index (χ1n) is 5.95. The van der Waals surface area contributed by atoms with Crippen LogP contribution >= 0.6 is 0 Å². The minimum Gasteiger partial charge on any atom is -0.473 e. The molecule has 0 aromatic heterocycles. The Morgan fingerprint density at radius 2 is 1.89 bits per heavy atom. The molecule has 4 nitrogen and oxygen atoms in total. The molecule has 1 atom stereocenters. The summed E-state index contributed by atoms with van der Waals surface area (Å²) in [5.74, 6) is -3.24. The second-order valence-electron chi connectivity index (χ2n) is 3.81. The number of hydrogen-bond donors (Lipinski definition) is 1. The van der Waals surface area contributed by atoms with Gasteiger partial charge in [-0.3, -0.25) is 0 Å². The van der Waals surface area contributed by atoms with Crippen molar-refractivity contribution < 1.29 is 28.2 Å². The first kappa shape index (κ1) is 15.4. The van der Waals surface area contributed by atoms with Gasteiger partial charge in [0.15, 0.2) is 23.5 Å². The molecule has 106 valence electrons. The van der Waals surface area contributed by atoms with Crippen molar-refractivity contribution in [3.8, 4) is 5.75 Å². The quantitative estimate of drug-likeness (QED) is 0.808. The average molecular weight is 274 g/mol. The summed E-state index contributed by atoms with van der Waals surface area (Å²) in [5.41, 5.74) is 0.0894. The maximum absolute atomic E-state index is 13.6. The molecule has 1 aromatic carbocycles. The van der Waals surface area contributed by atoms with E-state index in [4.69, 9.17) is 14.6 Å². The fraction of sp³-hybridized carbons (Fsp3) is 0.462. The molecule has 0 saturated carbocycles. The number of benzene rings is 1. The van der Waals surface area contributed by atoms with Gasteiger partial charge < -0.3 is 14.6 Å². The Balaban J connectivity index is 2.94. The van der Waals surface area contributed by atoms with Crippen LogP contribution in [0.25, 0.3) is 0 Å². The molecule has 0 fully saturated rings. The summed E-state index contributed by atoms with van der Waals surface area (Å²) in [7, 11) is 0. The van der Waals surface area contributed by atoms with E-state index in [2.05, 4.69) is 0 Å². The van der Waals surface area contributed by atoms with Gasteiger partial charge in [-0.25, -0.2) is 13.6 Å². The molecule has 0 radical (unpaired) electrons. The lowest BCUT2D eigenvalue weighted by Crippen LogP contribution is -2.29. The Hall–Kier alpha value is -1.69. The van der Waals surface area contributed by atoms with E-state index < -0.39 is 36.1 Å². The van der Waals surface area contributed by atoms with E-state index in [1.54, 1.807) is 13.8 Å². The summed E-state index contributed by atoms with van der Waals surface area (Å²) < 4.78 is 37.0. The van der Waals surface area contributed by atoms with Crippen molar-refractivity contribution in [3.05, 3.63) is 29.3 Å². The molecule has 0 heterocycles. The van der Waals surface area contributed by atoms with Crippen molar-refractivity contribution in [3.63, 3.8) is 0 Å². The number of carbonyl (C=O) groups is 1. The third kappa shape index (κ3) is 3.89. The average Bonchev–Trinajstić information content (AvgIpc) is 2.38. The predicted molar refractivity (Wildman–Crippen MR) is 63.6 cm³/mol. The zero-order valence-electron chi connectivity index (χ0n) is 10.8. The van der Waals surface area contributed by atoms with E-state index in [0.29, 0.717) is 0 Å². The minimum atomic E-state index is -1.07. The Morgan fingerprint density at radius 1 is 1.32 bits per heavy atom. The van der Waals surface area contributed by atoms with Crippen LogP contribution in [-0.2, 0) is 16.1 Å². The molecule has 1 unspecified atom stereocenters. The Kier molecular flexibility index (Phi) is 5.69. The number of rotatable bonds is 6. The maximum atomic E-state index is 13.6. The summed E-state index contributed by atoms with van der Waals surface area (Å²) in [4.78, 5) is 11.5. The molecule has 6 heteroatoms. The van der Waals surface area contributed by atoms with Gasteiger partial charge in [-0.15, -0.1) is 0 Å². The van der Waals surface area contributed by atoms with E-state index in [-0.39, 0.29) is 18.6 Å². The molecule has 0 bridgehead atoms. The van der Waals surface area contributed by atoms with E-state index in [0.717, 1.165) is 12.1 Å². The van der Waals surface area contributed by atoms with E-state index in [1.165, 1.54) is 0 Å². The summed E-state index contributed by atoms with van der Waals surface area (Å²) >= 11 is 0. The molecule has 19 heavy (non-hydrogen) atoms. The van der Waals surface area contributed by atoms with Crippen LogP contribution in [0.2, 0.25) is 0 Å². The molecule has 1 aromatic rings. The highest BCUT2D eigenvalue weighted by Crippen LogP contribution is 2.25. The minimum absolute atomic E-state index is 0.0894. The second kappa shape index (κ2) is 7.04. The topological polar surface area (TPSA) is 55.8 Å². The van der Waals surface area contributed by atoms with E-state index >= 15 is 0 Å². The van der Waals surface area contributed by atoms with Gasteiger partial charge in [0.2, 0.25) is 0 Å². The maximum Gasteiger partial charge on any atom is 0.347 e. The summed E-state index contributed by atoms with van der Waals surface area (Å²) in [6.45, 7) is 2.94. The number of carbonyl (C=O) groups excluding carboxylic acids is 1. The molecular formula is C13H16F2O4. The van der Waals surface area contributed by atoms with Gasteiger partial charge in [0.1, 0.15) is 0 Å². The lowest BCUT2D eigenvalue weighted by molar-refractivity contribution is -0.151. The van der Waals surface area contributed by atoms with Gasteiger partial charge in [-0.05, 0) is 31.0 Å². The number of aliphatic hydroxyl groups excluding tert-OH is 1. The monoisotopic (exact) mass is 274 g/mol. The third-order valence-electron chi connectivity index (χ3n) is 2.42. The molecule has 0 aliphatic heterocycles. The van der Waals surface area contributed by atoms with Crippen molar-refractivity contribution in [1.29, 1.82) is 0 Å². The molecule has 0 saturated heterocycles. The highest BCUT2D eigenvalue weighted by atomic mass is 19.1. The van der Waals surface area contributed by atoms with Gasteiger partial charge in [0, 0.05) is 0 Å². The first-order valence-corrected chi connectivity index (χ1v) is 5.95. The second-order valence-corrected chi connectivity index (χ2v) is 3.81. The fourth-order valence-electron chi connectivity index (χ4n) is 1.49. The van der Waals surface area contributed by atoms with Gasteiger partial charge in [0.05, 0.1) is 13.2 Å². The highest BCUT2D eigenvalue weighted by Gasteiger charge is 2.23. The fourth-order valence-corrected chi connectivity index (χ4v) is 1.49. The lowest BCUT2D eigenvalue weighted by atomic mass is 10.2. The lowest BCUT2D eigenvalue weighted by Gasteiger charge is -2.17. The summed E-state index contributed by atoms with van der Waals surface area (Å²) in [5, 5.41) is 8.82. The number of halogens is 2. The summed E-state index contributed by atoms with van der Waals surface area (Å²) in [6, 6.07) is 1.91. The number of aliphatic hydroxyl groups is 1. The van der Waals surface area contributed by atoms with Crippen LogP contribution in [-0.4, -0.2) is 23.8 Å². The van der Waals surface area contributed by atoms with Crippen LogP contribution in [0.4, 0.5) is 8.78 Å². The largest absolute Gasteiger partial charge is 0.473 e. The van der Waals surface area contributed by atoms with E-state index in [9.17, 15) is 13.6 Å². The summed E-state index contributed by atoms with van der Waals surface area (Å²) in [6.07, 6.45) is -0.844. The van der Waals surface area contributed by atoms with Crippen molar-refractivity contribution in [2.75, 3.05) is 6.61 Å². The van der Waals surface area contributed by atoms with Crippen molar-refractivity contribution >= 4 is 5.97 Å². The van der Waals surface area contributed by atoms with Gasteiger partial charge in [0.25, 0.3) is 0 Å². The van der Waals surface area contributed by atoms with Crippen molar-refractivity contribution in [2.24, 2.45) is 0 Å². The number of esters is 1. The smallest absolute Gasteiger partial charge is 0.347 e. The Labute approximate surface area is 109 Å². The van der Waals surface area contributed by atoms with Crippen molar-refractivity contribution in [2.45, 2.75) is 33.0 Å². The molecule has 0 aliphatic rings. The molecule has 0 amide bonds. The standard InChI is InChI=1S/C13H16F2O4/c1-3-11(13(17)18-4-2)19-12-9(14)5-8(7-16)6-10(12)15/h5-6,11,16H,3-4,7H2,1-2H3. The molecular weight excluding hydrogens is 258 g/mol. The van der Waals surface area contributed by atoms with Crippen LogP contribution in [0.5, 0.6) is 5.75 Å². The molecule has 1 rings (SSSR count). The SMILES string of the molecule is CCOC(=O)C(CC)Oc1c(F)cc(CO)cc1F. The van der Waals surface area contributed by atoms with Crippen LogP contribution < -0.4 is 4.74 Å². The van der Waals surface area contributed by atoms with Gasteiger partial charge in [-0.2, -0.15) is 0 Å². The zero-order valence-corrected chi connectivity index (χ0v) is 10.8. The number of ether oxygens (including phenoxy) is 2. The Bertz CT molecular complexity index is 425. The first-order chi connectivity index (χ1) is 9.03. The molecule has 0 spiro atoms. The molecule has 1 N–H and O–H groups in total. The van der Waals surface area contributed by atoms with Crippen molar-refractivity contribution in [1.82, 2.24) is 0 Å².